The zero-order chi connectivity index (χ0) is 16.2. The lowest BCUT2D eigenvalue weighted by atomic mass is 10.2. The number of sulfonamides is 1. The van der Waals surface area contributed by atoms with Crippen molar-refractivity contribution in [1.29, 1.82) is 0 Å². The Kier molecular flexibility index (Phi) is 5.82. The molecule has 0 heterocycles. The SMILES string of the molecule is CCN([C@@H](C)COC)S(=O)(=O)c1c(C)cccc1[N+](=O)[O-]. The molecule has 1 rings (SSSR count). The molecule has 0 unspecified atom stereocenters. The predicted molar refractivity (Wildman–Crippen MR) is 78.7 cm³/mol. The molecule has 1 atom stereocenters. The molecular weight excluding hydrogens is 296 g/mol. The number of nitro benzene ring substituents is 1. The van der Waals surface area contributed by atoms with Crippen LogP contribution in [0.15, 0.2) is 23.1 Å². The van der Waals surface area contributed by atoms with Gasteiger partial charge in [0.15, 0.2) is 4.90 Å². The van der Waals surface area contributed by atoms with Crippen molar-refractivity contribution in [2.45, 2.75) is 31.7 Å². The van der Waals surface area contributed by atoms with Crippen LogP contribution in [0, 0.1) is 17.0 Å². The van der Waals surface area contributed by atoms with E-state index in [9.17, 15) is 18.5 Å². The summed E-state index contributed by atoms with van der Waals surface area (Å²) in [6.45, 7) is 5.36. The Hall–Kier alpha value is -1.51. The van der Waals surface area contributed by atoms with E-state index in [1.54, 1.807) is 26.8 Å². The minimum Gasteiger partial charge on any atom is -0.383 e. The van der Waals surface area contributed by atoms with Crippen LogP contribution < -0.4 is 0 Å². The molecule has 21 heavy (non-hydrogen) atoms. The molecule has 0 N–H and O–H groups in total. The van der Waals surface area contributed by atoms with Crippen molar-refractivity contribution in [3.63, 3.8) is 0 Å². The molecule has 0 aliphatic heterocycles. The minimum absolute atomic E-state index is 0.207. The average Bonchev–Trinajstić information content (AvgIpc) is 2.38. The van der Waals surface area contributed by atoms with Gasteiger partial charge in [-0.2, -0.15) is 4.31 Å². The van der Waals surface area contributed by atoms with E-state index in [4.69, 9.17) is 4.74 Å². The molecule has 0 aromatic heterocycles. The standard InChI is InChI=1S/C13H20N2O5S/c1-5-14(11(3)9-20-4)21(18,19)13-10(2)7-6-8-12(13)15(16)17/h6-8,11H,5,9H2,1-4H3/t11-/m0/s1. The van der Waals surface area contributed by atoms with E-state index in [0.717, 1.165) is 0 Å². The second-order valence-corrected chi connectivity index (χ2v) is 6.52. The first-order chi connectivity index (χ1) is 9.77. The fourth-order valence-electron chi connectivity index (χ4n) is 2.28. The van der Waals surface area contributed by atoms with Gasteiger partial charge in [-0.25, -0.2) is 8.42 Å². The highest BCUT2D eigenvalue weighted by atomic mass is 32.2. The lowest BCUT2D eigenvalue weighted by Crippen LogP contribution is -2.41. The van der Waals surface area contributed by atoms with E-state index in [1.807, 2.05) is 0 Å². The summed E-state index contributed by atoms with van der Waals surface area (Å²) in [4.78, 5) is 10.2. The number of nitro groups is 1. The number of likely N-dealkylation sites (N-methyl/N-ethyl adjacent to an activating group) is 1. The van der Waals surface area contributed by atoms with Gasteiger partial charge in [0.2, 0.25) is 10.0 Å². The van der Waals surface area contributed by atoms with E-state index in [1.165, 1.54) is 23.5 Å². The molecule has 0 aliphatic rings. The molecule has 0 bridgehead atoms. The normalized spacial score (nSPS) is 13.4. The minimum atomic E-state index is -3.97. The van der Waals surface area contributed by atoms with Crippen LogP contribution in [-0.4, -0.2) is 43.9 Å². The van der Waals surface area contributed by atoms with Crippen LogP contribution in [0.1, 0.15) is 19.4 Å². The number of hydrogen-bond acceptors (Lipinski definition) is 5. The Morgan fingerprint density at radius 1 is 1.43 bits per heavy atom. The smallest absolute Gasteiger partial charge is 0.289 e. The fraction of sp³-hybridized carbons (Fsp3) is 0.538. The third-order valence-electron chi connectivity index (χ3n) is 3.17. The summed E-state index contributed by atoms with van der Waals surface area (Å²) in [5.74, 6) is 0. The van der Waals surface area contributed by atoms with Crippen molar-refractivity contribution in [3.8, 4) is 0 Å². The third-order valence-corrected chi connectivity index (χ3v) is 5.45. The Balaban J connectivity index is 3.46. The maximum Gasteiger partial charge on any atom is 0.289 e. The zero-order valence-electron chi connectivity index (χ0n) is 12.6. The number of ether oxygens (including phenoxy) is 1. The summed E-state index contributed by atoms with van der Waals surface area (Å²) in [5, 5.41) is 11.1. The summed E-state index contributed by atoms with van der Waals surface area (Å²) >= 11 is 0. The molecule has 7 nitrogen and oxygen atoms in total. The first-order valence-electron chi connectivity index (χ1n) is 6.52. The molecule has 0 saturated heterocycles. The molecule has 0 aliphatic carbocycles. The topological polar surface area (TPSA) is 89.8 Å². The second kappa shape index (κ2) is 6.97. The summed E-state index contributed by atoms with van der Waals surface area (Å²) in [5.41, 5.74) is -0.0506. The monoisotopic (exact) mass is 316 g/mol. The molecule has 1 aromatic carbocycles. The quantitative estimate of drug-likeness (QED) is 0.566. The molecule has 8 heteroatoms. The number of methoxy groups -OCH3 is 1. The Morgan fingerprint density at radius 2 is 2.05 bits per heavy atom. The van der Waals surface area contributed by atoms with Gasteiger partial charge >= 0.3 is 0 Å². The second-order valence-electron chi connectivity index (χ2n) is 4.69. The Morgan fingerprint density at radius 3 is 2.52 bits per heavy atom. The molecule has 118 valence electrons. The van der Waals surface area contributed by atoms with Crippen molar-refractivity contribution < 1.29 is 18.1 Å². The van der Waals surface area contributed by atoms with Crippen LogP contribution >= 0.6 is 0 Å². The maximum atomic E-state index is 12.8. The molecule has 0 spiro atoms. The lowest BCUT2D eigenvalue weighted by Gasteiger charge is -2.27. The van der Waals surface area contributed by atoms with Crippen LogP contribution in [0.25, 0.3) is 0 Å². The first kappa shape index (κ1) is 17.5. The fourth-order valence-corrected chi connectivity index (χ4v) is 4.27. The van der Waals surface area contributed by atoms with Gasteiger partial charge in [-0.3, -0.25) is 10.1 Å². The third kappa shape index (κ3) is 3.58. The van der Waals surface area contributed by atoms with E-state index in [2.05, 4.69) is 0 Å². The van der Waals surface area contributed by atoms with Crippen LogP contribution in [0.4, 0.5) is 5.69 Å². The first-order valence-corrected chi connectivity index (χ1v) is 7.96. The Bertz CT molecular complexity index is 615. The number of hydrogen-bond donors (Lipinski definition) is 0. The number of aryl methyl sites for hydroxylation is 1. The van der Waals surface area contributed by atoms with Crippen LogP contribution in [0.2, 0.25) is 0 Å². The van der Waals surface area contributed by atoms with Crippen LogP contribution in [0.3, 0.4) is 0 Å². The van der Waals surface area contributed by atoms with E-state index < -0.39 is 26.7 Å². The zero-order valence-corrected chi connectivity index (χ0v) is 13.4. The van der Waals surface area contributed by atoms with Crippen molar-refractivity contribution in [1.82, 2.24) is 4.31 Å². The highest BCUT2D eigenvalue weighted by Crippen LogP contribution is 2.30. The maximum absolute atomic E-state index is 12.8. The molecular formula is C13H20N2O5S. The van der Waals surface area contributed by atoms with Crippen LogP contribution in [0.5, 0.6) is 0 Å². The van der Waals surface area contributed by atoms with E-state index in [0.29, 0.717) is 5.56 Å². The number of rotatable bonds is 7. The lowest BCUT2D eigenvalue weighted by molar-refractivity contribution is -0.387. The van der Waals surface area contributed by atoms with E-state index >= 15 is 0 Å². The molecule has 0 radical (unpaired) electrons. The van der Waals surface area contributed by atoms with Gasteiger partial charge in [0, 0.05) is 25.8 Å². The molecule has 0 fully saturated rings. The highest BCUT2D eigenvalue weighted by molar-refractivity contribution is 7.89. The predicted octanol–water partition coefficient (Wildman–Crippen LogP) is 1.95. The van der Waals surface area contributed by atoms with Gasteiger partial charge in [0.25, 0.3) is 5.69 Å². The largest absolute Gasteiger partial charge is 0.383 e. The van der Waals surface area contributed by atoms with Gasteiger partial charge < -0.3 is 4.74 Å². The van der Waals surface area contributed by atoms with E-state index in [-0.39, 0.29) is 18.0 Å². The summed E-state index contributed by atoms with van der Waals surface area (Å²) in [7, 11) is -2.49. The summed E-state index contributed by atoms with van der Waals surface area (Å²) in [6, 6.07) is 3.81. The molecule has 0 saturated carbocycles. The van der Waals surface area contributed by atoms with Gasteiger partial charge in [-0.05, 0) is 19.4 Å². The van der Waals surface area contributed by atoms with Crippen molar-refractivity contribution >= 4 is 15.7 Å². The van der Waals surface area contributed by atoms with Crippen molar-refractivity contribution in [2.75, 3.05) is 20.3 Å². The van der Waals surface area contributed by atoms with Gasteiger partial charge in [-0.15, -0.1) is 0 Å². The highest BCUT2D eigenvalue weighted by Gasteiger charge is 2.34. The molecule has 0 amide bonds. The summed E-state index contributed by atoms with van der Waals surface area (Å²) in [6.07, 6.45) is 0. The Labute approximate surface area is 124 Å². The van der Waals surface area contributed by atoms with Crippen LogP contribution in [-0.2, 0) is 14.8 Å². The number of benzene rings is 1. The van der Waals surface area contributed by atoms with Gasteiger partial charge in [0.05, 0.1) is 11.5 Å². The van der Waals surface area contributed by atoms with Crippen molar-refractivity contribution in [3.05, 3.63) is 33.9 Å². The summed E-state index contributed by atoms with van der Waals surface area (Å²) < 4.78 is 31.8. The van der Waals surface area contributed by atoms with Gasteiger partial charge in [0.1, 0.15) is 0 Å². The van der Waals surface area contributed by atoms with Crippen molar-refractivity contribution in [2.24, 2.45) is 0 Å². The van der Waals surface area contributed by atoms with Gasteiger partial charge in [-0.1, -0.05) is 19.1 Å². The molecule has 1 aromatic rings. The average molecular weight is 316 g/mol. The number of nitrogens with zero attached hydrogens (tertiary/aromatic N) is 2.